The number of hydrogen-bond acceptors (Lipinski definition) is 15. The number of carboxylic acid groups (broad SMARTS) is 2. The SMILES string of the molecule is CC(C)(CCCSCSCCCC(C)(C)C(=O)O)C(=O)O.CCOC(=O)C(C)(C)CCCBr.CCOC(=O)C(C)(C)CCCS.CCOC(=O)C(C)(C)CCCSCSCCCC(C)(C)C(=O)OCC. The normalized spacial score (nSPS) is 11.9. The molecular formula is C52H99BrO12S5. The minimum absolute atomic E-state index is 0.0917. The lowest BCUT2D eigenvalue weighted by Gasteiger charge is -2.22. The van der Waals surface area contributed by atoms with Crippen LogP contribution in [0.4, 0.5) is 0 Å². The summed E-state index contributed by atoms with van der Waals surface area (Å²) >= 11 is 14.9. The lowest BCUT2D eigenvalue weighted by molar-refractivity contribution is -0.154. The van der Waals surface area contributed by atoms with E-state index in [1.54, 1.807) is 27.7 Å². The standard InChI is InChI=1S/C19H36O4S2.C15H28O4S2.C9H17BrO2.C9H18O2S/c1-7-22-16(20)18(3,4)11-9-13-24-15-25-14-10-12-19(5,6)17(21)23-8-2;1-14(2,12(16)17)7-5-9-20-11-21-10-6-8-15(3,4)13(18)19;1-4-12-8(11)9(2,3)6-5-7-10;1-4-11-8(10)9(2,3)6-5-7-12/h7-15H2,1-6H3;5-11H2,1-4H3,(H,16,17)(H,18,19);4-7H2,1-3H3;12H,4-7H2,1-3H3. The first kappa shape index (κ1) is 75.6. The van der Waals surface area contributed by atoms with Gasteiger partial charge in [0.15, 0.2) is 0 Å². The van der Waals surface area contributed by atoms with E-state index in [1.807, 2.05) is 130 Å². The Balaban J connectivity index is -0.000000436. The van der Waals surface area contributed by atoms with Crippen LogP contribution >= 0.6 is 75.6 Å². The van der Waals surface area contributed by atoms with Crippen molar-refractivity contribution in [1.29, 1.82) is 0 Å². The summed E-state index contributed by atoms with van der Waals surface area (Å²) in [4.78, 5) is 68.1. The lowest BCUT2D eigenvalue weighted by Crippen LogP contribution is -2.26. The van der Waals surface area contributed by atoms with Crippen molar-refractivity contribution in [2.45, 2.75) is 188 Å². The summed E-state index contributed by atoms with van der Waals surface area (Å²) in [6.07, 6.45) is 10.7. The van der Waals surface area contributed by atoms with Crippen molar-refractivity contribution in [2.24, 2.45) is 32.5 Å². The maximum absolute atomic E-state index is 11.8. The topological polar surface area (TPSA) is 180 Å². The maximum atomic E-state index is 11.8. The molecule has 0 rings (SSSR count). The van der Waals surface area contributed by atoms with Crippen molar-refractivity contribution in [3.8, 4) is 0 Å². The number of thiol groups is 1. The summed E-state index contributed by atoms with van der Waals surface area (Å²) < 4.78 is 20.1. The summed E-state index contributed by atoms with van der Waals surface area (Å²) in [5.41, 5.74) is -2.71. The Morgan fingerprint density at radius 1 is 0.400 bits per heavy atom. The molecule has 0 aliphatic carbocycles. The van der Waals surface area contributed by atoms with Gasteiger partial charge in [0, 0.05) is 15.5 Å². The third-order valence-corrected chi connectivity index (χ3v) is 16.9. The maximum Gasteiger partial charge on any atom is 0.311 e. The molecule has 18 heteroatoms. The van der Waals surface area contributed by atoms with Crippen LogP contribution in [0.2, 0.25) is 0 Å². The van der Waals surface area contributed by atoms with E-state index in [-0.39, 0.29) is 45.5 Å². The summed E-state index contributed by atoms with van der Waals surface area (Å²) in [5.74, 6) is 3.03. The molecule has 0 aromatic heterocycles. The highest BCUT2D eigenvalue weighted by Gasteiger charge is 2.31. The van der Waals surface area contributed by atoms with Crippen molar-refractivity contribution in [2.75, 3.05) is 70.7 Å². The zero-order chi connectivity index (χ0) is 55.1. The van der Waals surface area contributed by atoms with Gasteiger partial charge in [0.05, 0.1) is 58.9 Å². The second kappa shape index (κ2) is 42.3. The quantitative estimate of drug-likeness (QED) is 0.0135. The zero-order valence-corrected chi connectivity index (χ0v) is 52.2. The van der Waals surface area contributed by atoms with E-state index in [4.69, 9.17) is 29.2 Å². The second-order valence-electron chi connectivity index (χ2n) is 20.7. The Kier molecular flexibility index (Phi) is 45.7. The molecule has 0 aromatic rings. The third kappa shape index (κ3) is 40.4. The molecule has 0 aliphatic heterocycles. The van der Waals surface area contributed by atoms with E-state index in [1.165, 1.54) is 0 Å². The van der Waals surface area contributed by atoms with Crippen molar-refractivity contribution >= 4 is 111 Å². The summed E-state index contributed by atoms with van der Waals surface area (Å²) in [6.45, 7) is 31.7. The molecular weight excluding hydrogens is 1060 g/mol. The van der Waals surface area contributed by atoms with E-state index in [9.17, 15) is 28.8 Å². The molecule has 0 spiro atoms. The first-order valence-electron chi connectivity index (χ1n) is 25.0. The predicted octanol–water partition coefficient (Wildman–Crippen LogP) is 14.4. The number of carbonyl (C=O) groups is 6. The largest absolute Gasteiger partial charge is 0.481 e. The van der Waals surface area contributed by atoms with E-state index in [0.717, 1.165) is 108 Å². The molecule has 416 valence electrons. The number of thioether (sulfide) groups is 4. The highest BCUT2D eigenvalue weighted by molar-refractivity contribution is 9.09. The van der Waals surface area contributed by atoms with E-state index in [2.05, 4.69) is 28.6 Å². The van der Waals surface area contributed by atoms with E-state index in [0.29, 0.717) is 39.3 Å². The number of carboxylic acids is 2. The first-order valence-corrected chi connectivity index (χ1v) is 31.4. The van der Waals surface area contributed by atoms with Gasteiger partial charge in [-0.15, -0.1) is 0 Å². The summed E-state index contributed by atoms with van der Waals surface area (Å²) in [7, 11) is 0. The van der Waals surface area contributed by atoms with E-state index < -0.39 is 22.8 Å². The molecule has 0 saturated carbocycles. The predicted molar refractivity (Wildman–Crippen MR) is 307 cm³/mol. The van der Waals surface area contributed by atoms with Crippen LogP contribution < -0.4 is 0 Å². The van der Waals surface area contributed by atoms with Gasteiger partial charge in [-0.3, -0.25) is 28.8 Å². The fourth-order valence-electron chi connectivity index (χ4n) is 5.78. The van der Waals surface area contributed by atoms with Crippen LogP contribution in [-0.2, 0) is 47.7 Å². The van der Waals surface area contributed by atoms with Gasteiger partial charge in [0.1, 0.15) is 0 Å². The molecule has 2 N–H and O–H groups in total. The molecule has 0 heterocycles. The van der Waals surface area contributed by atoms with Crippen molar-refractivity contribution in [1.82, 2.24) is 0 Å². The minimum Gasteiger partial charge on any atom is -0.481 e. The molecule has 12 nitrogen and oxygen atoms in total. The second-order valence-corrected chi connectivity index (χ2v) is 27.1. The average Bonchev–Trinajstić information content (AvgIpc) is 3.27. The number of carbonyl (C=O) groups excluding carboxylic acids is 4. The molecule has 0 saturated heterocycles. The van der Waals surface area contributed by atoms with Crippen LogP contribution in [0.5, 0.6) is 0 Å². The molecule has 0 aliphatic rings. The summed E-state index contributed by atoms with van der Waals surface area (Å²) in [5, 5.41) is 21.0. The van der Waals surface area contributed by atoms with Crippen molar-refractivity contribution in [3.63, 3.8) is 0 Å². The molecule has 0 atom stereocenters. The number of esters is 4. The number of hydrogen-bond donors (Lipinski definition) is 3. The average molecular weight is 1160 g/mol. The highest BCUT2D eigenvalue weighted by atomic mass is 79.9. The Bertz CT molecular complexity index is 1320. The monoisotopic (exact) mass is 1150 g/mol. The number of ether oxygens (including phenoxy) is 4. The minimum atomic E-state index is -0.733. The fraction of sp³-hybridized carbons (Fsp3) is 0.885. The van der Waals surface area contributed by atoms with E-state index >= 15 is 0 Å². The van der Waals surface area contributed by atoms with Crippen LogP contribution in [0.25, 0.3) is 0 Å². The molecule has 0 unspecified atom stereocenters. The van der Waals surface area contributed by atoms with Crippen LogP contribution in [0, 0.1) is 32.5 Å². The third-order valence-electron chi connectivity index (χ3n) is 11.1. The number of rotatable bonds is 36. The Hall–Kier alpha value is -0.950. The van der Waals surface area contributed by atoms with Gasteiger partial charge in [-0.2, -0.15) is 59.7 Å². The summed E-state index contributed by atoms with van der Waals surface area (Å²) in [6, 6.07) is 0. The van der Waals surface area contributed by atoms with Gasteiger partial charge < -0.3 is 29.2 Å². The van der Waals surface area contributed by atoms with Gasteiger partial charge in [0.2, 0.25) is 0 Å². The lowest BCUT2D eigenvalue weighted by atomic mass is 9.88. The molecule has 0 bridgehead atoms. The Labute approximate surface area is 457 Å². The van der Waals surface area contributed by atoms with Crippen molar-refractivity contribution in [3.05, 3.63) is 0 Å². The van der Waals surface area contributed by atoms with Gasteiger partial charge in [0.25, 0.3) is 0 Å². The molecule has 0 fully saturated rings. The highest BCUT2D eigenvalue weighted by Crippen LogP contribution is 2.30. The zero-order valence-electron chi connectivity index (χ0n) is 46.4. The van der Waals surface area contributed by atoms with Crippen molar-refractivity contribution < 1.29 is 57.9 Å². The Morgan fingerprint density at radius 2 is 0.614 bits per heavy atom. The van der Waals surface area contributed by atoms with Crippen LogP contribution in [0.15, 0.2) is 0 Å². The van der Waals surface area contributed by atoms with Gasteiger partial charge in [-0.1, -0.05) is 15.9 Å². The van der Waals surface area contributed by atoms with Gasteiger partial charge in [-0.05, 0) is 217 Å². The molecule has 70 heavy (non-hydrogen) atoms. The number of aliphatic carboxylic acids is 2. The smallest absolute Gasteiger partial charge is 0.311 e. The molecule has 0 radical (unpaired) electrons. The molecule has 0 amide bonds. The first-order chi connectivity index (χ1) is 32.3. The van der Waals surface area contributed by atoms with Crippen LogP contribution in [0.3, 0.4) is 0 Å². The van der Waals surface area contributed by atoms with Crippen LogP contribution in [-0.4, -0.2) is 117 Å². The Morgan fingerprint density at radius 3 is 0.814 bits per heavy atom. The number of halogens is 1. The fourth-order valence-corrected chi connectivity index (χ4v) is 10.4. The number of alkyl halides is 1. The molecule has 0 aromatic carbocycles. The van der Waals surface area contributed by atoms with Gasteiger partial charge >= 0.3 is 35.8 Å². The van der Waals surface area contributed by atoms with Crippen LogP contribution in [0.1, 0.15) is 188 Å². The van der Waals surface area contributed by atoms with Gasteiger partial charge in [-0.25, -0.2) is 0 Å².